The Labute approximate surface area is 118 Å². The van der Waals surface area contributed by atoms with Gasteiger partial charge in [-0.2, -0.15) is 0 Å². The fraction of sp³-hybridized carbons (Fsp3) is 0.400. The summed E-state index contributed by atoms with van der Waals surface area (Å²) >= 11 is 12.6. The van der Waals surface area contributed by atoms with Gasteiger partial charge in [-0.15, -0.1) is 11.3 Å². The molecular weight excluding hydrogens is 301 g/mol. The number of carbonyl (C=O) groups excluding carboxylic acids is 1. The van der Waals surface area contributed by atoms with E-state index >= 15 is 0 Å². The molecule has 0 fully saturated rings. The van der Waals surface area contributed by atoms with Crippen molar-refractivity contribution < 1.29 is 19.4 Å². The van der Waals surface area contributed by atoms with Gasteiger partial charge in [0.1, 0.15) is 4.34 Å². The van der Waals surface area contributed by atoms with Crippen molar-refractivity contribution in [2.45, 2.75) is 12.5 Å². The molecule has 0 aliphatic carbocycles. The number of nitrogens with one attached hydrogen (secondary N) is 1. The van der Waals surface area contributed by atoms with Crippen LogP contribution in [0.25, 0.3) is 0 Å². The monoisotopic (exact) mass is 311 g/mol. The van der Waals surface area contributed by atoms with Crippen molar-refractivity contribution in [1.82, 2.24) is 5.32 Å². The maximum Gasteiger partial charge on any atom is 0.306 e. The topological polar surface area (TPSA) is 75.6 Å². The minimum absolute atomic E-state index is 0.0887. The van der Waals surface area contributed by atoms with Crippen LogP contribution in [0.3, 0.4) is 0 Å². The van der Waals surface area contributed by atoms with Crippen molar-refractivity contribution in [2.24, 2.45) is 0 Å². The van der Waals surface area contributed by atoms with E-state index in [-0.39, 0.29) is 18.5 Å². The van der Waals surface area contributed by atoms with Gasteiger partial charge in [-0.25, -0.2) is 0 Å². The Morgan fingerprint density at radius 3 is 2.67 bits per heavy atom. The number of carboxylic acids is 1. The van der Waals surface area contributed by atoms with Crippen molar-refractivity contribution in [3.8, 4) is 0 Å². The molecule has 0 spiro atoms. The molecule has 1 aromatic rings. The summed E-state index contributed by atoms with van der Waals surface area (Å²) in [6.45, 7) is 0.0887. The lowest BCUT2D eigenvalue weighted by Crippen LogP contribution is -2.34. The molecule has 0 radical (unpaired) electrons. The minimum atomic E-state index is -0.993. The Morgan fingerprint density at radius 2 is 2.22 bits per heavy atom. The molecule has 0 aliphatic heterocycles. The fourth-order valence-electron chi connectivity index (χ4n) is 1.23. The number of ether oxygens (including phenoxy) is 1. The van der Waals surface area contributed by atoms with E-state index in [1.165, 1.54) is 13.2 Å². The standard InChI is InChI=1S/C10H11Cl2NO4S/c1-17-5(2-8(14)15)4-13-10(16)6-3-7(11)18-9(6)12/h3,5H,2,4H2,1H3,(H,13,16)(H,14,15). The smallest absolute Gasteiger partial charge is 0.306 e. The van der Waals surface area contributed by atoms with Gasteiger partial charge >= 0.3 is 5.97 Å². The summed E-state index contributed by atoms with van der Waals surface area (Å²) in [4.78, 5) is 22.2. The number of aliphatic carboxylic acids is 1. The molecular formula is C10H11Cl2NO4S. The Morgan fingerprint density at radius 1 is 1.56 bits per heavy atom. The largest absolute Gasteiger partial charge is 0.481 e. The van der Waals surface area contributed by atoms with Crippen LogP contribution in [0.2, 0.25) is 8.67 Å². The second-order valence-corrected chi connectivity index (χ2v) is 5.69. The Balaban J connectivity index is 2.55. The molecule has 0 aromatic carbocycles. The SMILES string of the molecule is COC(CNC(=O)c1cc(Cl)sc1Cl)CC(=O)O. The van der Waals surface area contributed by atoms with Crippen LogP contribution in [0.5, 0.6) is 0 Å². The number of amides is 1. The van der Waals surface area contributed by atoms with Gasteiger partial charge in [0, 0.05) is 13.7 Å². The van der Waals surface area contributed by atoms with Gasteiger partial charge in [0.25, 0.3) is 5.91 Å². The second kappa shape index (κ2) is 6.94. The highest BCUT2D eigenvalue weighted by Gasteiger charge is 2.17. The third-order valence-electron chi connectivity index (χ3n) is 2.13. The first-order valence-electron chi connectivity index (χ1n) is 4.91. The lowest BCUT2D eigenvalue weighted by molar-refractivity contribution is -0.139. The molecule has 100 valence electrons. The van der Waals surface area contributed by atoms with Crippen molar-refractivity contribution in [2.75, 3.05) is 13.7 Å². The van der Waals surface area contributed by atoms with Crippen molar-refractivity contribution >= 4 is 46.4 Å². The van der Waals surface area contributed by atoms with Gasteiger partial charge in [-0.3, -0.25) is 9.59 Å². The van der Waals surface area contributed by atoms with Gasteiger partial charge in [-0.05, 0) is 6.07 Å². The molecule has 1 atom stereocenters. The number of thiophene rings is 1. The van der Waals surface area contributed by atoms with E-state index in [1.54, 1.807) is 0 Å². The van der Waals surface area contributed by atoms with Crippen LogP contribution in [-0.4, -0.2) is 36.7 Å². The number of hydrogen-bond donors (Lipinski definition) is 2. The molecule has 0 saturated heterocycles. The zero-order valence-corrected chi connectivity index (χ0v) is 11.7. The highest BCUT2D eigenvalue weighted by atomic mass is 35.5. The molecule has 0 saturated carbocycles. The third kappa shape index (κ3) is 4.45. The average Bonchev–Trinajstić information content (AvgIpc) is 2.62. The molecule has 1 unspecified atom stereocenters. The molecule has 0 bridgehead atoms. The molecule has 1 amide bonds. The van der Waals surface area contributed by atoms with E-state index in [4.69, 9.17) is 33.0 Å². The summed E-state index contributed by atoms with van der Waals surface area (Å²) in [5.41, 5.74) is 0.275. The zero-order valence-electron chi connectivity index (χ0n) is 9.41. The molecule has 1 rings (SSSR count). The number of methoxy groups -OCH3 is 1. The van der Waals surface area contributed by atoms with Crippen molar-refractivity contribution in [3.05, 3.63) is 20.3 Å². The van der Waals surface area contributed by atoms with Crippen LogP contribution in [0.1, 0.15) is 16.8 Å². The van der Waals surface area contributed by atoms with E-state index in [9.17, 15) is 9.59 Å². The molecule has 1 aromatic heterocycles. The number of halogens is 2. The lowest BCUT2D eigenvalue weighted by Gasteiger charge is -2.13. The summed E-state index contributed by atoms with van der Waals surface area (Å²) in [6, 6.07) is 1.46. The van der Waals surface area contributed by atoms with Gasteiger partial charge in [0.2, 0.25) is 0 Å². The van der Waals surface area contributed by atoms with Crippen LogP contribution in [0.4, 0.5) is 0 Å². The van der Waals surface area contributed by atoms with Gasteiger partial charge in [0.05, 0.1) is 22.4 Å². The maximum atomic E-state index is 11.7. The number of carbonyl (C=O) groups is 2. The predicted octanol–water partition coefficient (Wildman–Crippen LogP) is 2.27. The van der Waals surface area contributed by atoms with E-state index in [1.807, 2.05) is 0 Å². The van der Waals surface area contributed by atoms with E-state index in [0.717, 1.165) is 11.3 Å². The van der Waals surface area contributed by atoms with Crippen molar-refractivity contribution in [3.63, 3.8) is 0 Å². The quantitative estimate of drug-likeness (QED) is 0.845. The van der Waals surface area contributed by atoms with Crippen LogP contribution in [0.15, 0.2) is 6.07 Å². The average molecular weight is 312 g/mol. The molecule has 5 nitrogen and oxygen atoms in total. The van der Waals surface area contributed by atoms with Crippen LogP contribution in [-0.2, 0) is 9.53 Å². The van der Waals surface area contributed by atoms with Crippen LogP contribution in [0, 0.1) is 0 Å². The Hall–Kier alpha value is -0.820. The predicted molar refractivity (Wildman–Crippen MR) is 69.7 cm³/mol. The summed E-state index contributed by atoms with van der Waals surface area (Å²) in [5, 5.41) is 11.2. The molecule has 8 heteroatoms. The maximum absolute atomic E-state index is 11.7. The number of rotatable bonds is 6. The molecule has 18 heavy (non-hydrogen) atoms. The first kappa shape index (κ1) is 15.2. The third-order valence-corrected chi connectivity index (χ3v) is 3.61. The second-order valence-electron chi connectivity index (χ2n) is 3.40. The zero-order chi connectivity index (χ0) is 13.7. The highest BCUT2D eigenvalue weighted by molar-refractivity contribution is 7.20. The van der Waals surface area contributed by atoms with Gasteiger partial charge in [0.15, 0.2) is 0 Å². The molecule has 2 N–H and O–H groups in total. The lowest BCUT2D eigenvalue weighted by atomic mass is 10.2. The van der Waals surface area contributed by atoms with Crippen LogP contribution < -0.4 is 5.32 Å². The Bertz CT molecular complexity index is 449. The van der Waals surface area contributed by atoms with E-state index < -0.39 is 18.0 Å². The minimum Gasteiger partial charge on any atom is -0.481 e. The molecule has 0 aliphatic rings. The summed E-state index contributed by atoms with van der Waals surface area (Å²) in [7, 11) is 1.38. The normalized spacial score (nSPS) is 12.2. The molecule has 1 heterocycles. The fourth-order valence-corrected chi connectivity index (χ4v) is 2.69. The summed E-state index contributed by atoms with van der Waals surface area (Å²) in [5.74, 6) is -1.40. The summed E-state index contributed by atoms with van der Waals surface area (Å²) in [6.07, 6.45) is -0.770. The van der Waals surface area contributed by atoms with E-state index in [2.05, 4.69) is 5.32 Å². The Kier molecular flexibility index (Phi) is 5.87. The number of carboxylic acid groups (broad SMARTS) is 1. The first-order valence-corrected chi connectivity index (χ1v) is 6.49. The van der Waals surface area contributed by atoms with E-state index in [0.29, 0.717) is 8.67 Å². The first-order chi connectivity index (χ1) is 8.43. The number of hydrogen-bond acceptors (Lipinski definition) is 4. The van der Waals surface area contributed by atoms with Crippen molar-refractivity contribution in [1.29, 1.82) is 0 Å². The van der Waals surface area contributed by atoms with Gasteiger partial charge < -0.3 is 15.2 Å². The van der Waals surface area contributed by atoms with Crippen LogP contribution >= 0.6 is 34.5 Å². The summed E-state index contributed by atoms with van der Waals surface area (Å²) < 4.78 is 5.64. The highest BCUT2D eigenvalue weighted by Crippen LogP contribution is 2.30. The van der Waals surface area contributed by atoms with Gasteiger partial charge in [-0.1, -0.05) is 23.2 Å².